The maximum absolute atomic E-state index is 13.1. The van der Waals surface area contributed by atoms with Gasteiger partial charge < -0.3 is 14.2 Å². The molecule has 1 aliphatic rings. The van der Waals surface area contributed by atoms with Gasteiger partial charge in [-0.05, 0) is 16.7 Å². The van der Waals surface area contributed by atoms with Gasteiger partial charge in [-0.25, -0.2) is 9.59 Å². The molecule has 6 nitrogen and oxygen atoms in total. The predicted octanol–water partition coefficient (Wildman–Crippen LogP) is 4.36. The summed E-state index contributed by atoms with van der Waals surface area (Å²) in [5, 5.41) is 0. The van der Waals surface area contributed by atoms with Gasteiger partial charge in [-0.2, -0.15) is 0 Å². The van der Waals surface area contributed by atoms with Crippen molar-refractivity contribution in [2.45, 2.75) is 24.8 Å². The standard InChI is InChI=1S/C26H25NO5/c1-30-25(28)24-22(18-31-17-19-11-5-2-6-12-19)32-26(29)27(24)23(20-13-7-3-8-14-20)21-15-9-4-10-16-21/h2-16,22-24H,17-18H2,1H3. The van der Waals surface area contributed by atoms with Crippen LogP contribution in [0.15, 0.2) is 91.0 Å². The van der Waals surface area contributed by atoms with E-state index in [-0.39, 0.29) is 6.61 Å². The van der Waals surface area contributed by atoms with Crippen molar-refractivity contribution >= 4 is 12.1 Å². The SMILES string of the molecule is COC(=O)C1C(COCc2ccccc2)OC(=O)N1C(c1ccccc1)c1ccccc1. The summed E-state index contributed by atoms with van der Waals surface area (Å²) in [6.45, 7) is 0.427. The number of benzene rings is 3. The Balaban J connectivity index is 1.62. The number of carbonyl (C=O) groups is 2. The molecule has 0 aliphatic carbocycles. The molecule has 0 bridgehead atoms. The summed E-state index contributed by atoms with van der Waals surface area (Å²) >= 11 is 0. The van der Waals surface area contributed by atoms with Crippen LogP contribution in [-0.4, -0.2) is 42.8 Å². The van der Waals surface area contributed by atoms with Gasteiger partial charge in [0.1, 0.15) is 0 Å². The Hall–Kier alpha value is -3.64. The third-order valence-electron chi connectivity index (χ3n) is 5.46. The molecule has 1 fully saturated rings. The van der Waals surface area contributed by atoms with Gasteiger partial charge in [0, 0.05) is 0 Å². The van der Waals surface area contributed by atoms with E-state index in [4.69, 9.17) is 14.2 Å². The molecular formula is C26H25NO5. The average Bonchev–Trinajstić information content (AvgIpc) is 3.16. The zero-order valence-electron chi connectivity index (χ0n) is 17.8. The lowest BCUT2D eigenvalue weighted by atomic mass is 9.95. The van der Waals surface area contributed by atoms with Gasteiger partial charge in [-0.1, -0.05) is 91.0 Å². The normalized spacial score (nSPS) is 17.9. The maximum atomic E-state index is 13.1. The van der Waals surface area contributed by atoms with Crippen LogP contribution in [-0.2, 0) is 25.6 Å². The van der Waals surface area contributed by atoms with Crippen molar-refractivity contribution in [3.8, 4) is 0 Å². The highest BCUT2D eigenvalue weighted by molar-refractivity contribution is 5.85. The summed E-state index contributed by atoms with van der Waals surface area (Å²) in [5.74, 6) is -0.541. The fourth-order valence-corrected chi connectivity index (χ4v) is 3.98. The first-order valence-corrected chi connectivity index (χ1v) is 10.5. The topological polar surface area (TPSA) is 65.1 Å². The summed E-state index contributed by atoms with van der Waals surface area (Å²) in [4.78, 5) is 27.4. The van der Waals surface area contributed by atoms with E-state index in [1.165, 1.54) is 12.0 Å². The molecule has 0 N–H and O–H groups in total. The van der Waals surface area contributed by atoms with Crippen LogP contribution >= 0.6 is 0 Å². The molecule has 3 aromatic rings. The van der Waals surface area contributed by atoms with E-state index in [1.807, 2.05) is 91.0 Å². The molecule has 2 unspecified atom stereocenters. The lowest BCUT2D eigenvalue weighted by Gasteiger charge is -2.31. The molecule has 32 heavy (non-hydrogen) atoms. The third kappa shape index (κ3) is 4.65. The molecule has 1 heterocycles. The zero-order valence-corrected chi connectivity index (χ0v) is 17.8. The number of cyclic esters (lactones) is 1. The summed E-state index contributed by atoms with van der Waals surface area (Å²) in [7, 11) is 1.31. The maximum Gasteiger partial charge on any atom is 0.411 e. The Bertz CT molecular complexity index is 986. The third-order valence-corrected chi connectivity index (χ3v) is 5.46. The van der Waals surface area contributed by atoms with Crippen LogP contribution in [0.4, 0.5) is 4.79 Å². The Labute approximate surface area is 187 Å². The number of methoxy groups -OCH3 is 1. The lowest BCUT2D eigenvalue weighted by molar-refractivity contribution is -0.148. The molecule has 1 aliphatic heterocycles. The minimum Gasteiger partial charge on any atom is -0.467 e. The number of nitrogens with zero attached hydrogens (tertiary/aromatic N) is 1. The Morgan fingerprint density at radius 2 is 1.44 bits per heavy atom. The molecule has 0 radical (unpaired) electrons. The van der Waals surface area contributed by atoms with Crippen molar-refractivity contribution in [2.75, 3.05) is 13.7 Å². The second kappa shape index (κ2) is 10.1. The lowest BCUT2D eigenvalue weighted by Crippen LogP contribution is -2.47. The Morgan fingerprint density at radius 3 is 1.97 bits per heavy atom. The van der Waals surface area contributed by atoms with Gasteiger partial charge in [0.15, 0.2) is 12.1 Å². The van der Waals surface area contributed by atoms with Crippen LogP contribution in [0.2, 0.25) is 0 Å². The van der Waals surface area contributed by atoms with E-state index in [2.05, 4.69) is 0 Å². The number of carbonyl (C=O) groups excluding carboxylic acids is 2. The molecule has 0 spiro atoms. The van der Waals surface area contributed by atoms with Gasteiger partial charge in [0.05, 0.1) is 26.4 Å². The van der Waals surface area contributed by atoms with Crippen molar-refractivity contribution in [3.05, 3.63) is 108 Å². The van der Waals surface area contributed by atoms with Gasteiger partial charge in [-0.15, -0.1) is 0 Å². The molecule has 3 aromatic carbocycles. The molecule has 4 rings (SSSR count). The molecule has 0 saturated carbocycles. The zero-order chi connectivity index (χ0) is 22.3. The van der Waals surface area contributed by atoms with Crippen LogP contribution in [0.5, 0.6) is 0 Å². The summed E-state index contributed by atoms with van der Waals surface area (Å²) in [6.07, 6.45) is -1.36. The predicted molar refractivity (Wildman–Crippen MR) is 119 cm³/mol. The fourth-order valence-electron chi connectivity index (χ4n) is 3.98. The number of rotatable bonds is 8. The van der Waals surface area contributed by atoms with Gasteiger partial charge in [0.25, 0.3) is 0 Å². The van der Waals surface area contributed by atoms with Crippen LogP contribution in [0.3, 0.4) is 0 Å². The van der Waals surface area contributed by atoms with E-state index in [1.54, 1.807) is 0 Å². The van der Waals surface area contributed by atoms with Crippen LogP contribution in [0.1, 0.15) is 22.7 Å². The Kier molecular flexibility index (Phi) is 6.82. The fraction of sp³-hybridized carbons (Fsp3) is 0.231. The van der Waals surface area contributed by atoms with Crippen molar-refractivity contribution in [3.63, 3.8) is 0 Å². The monoisotopic (exact) mass is 431 g/mol. The van der Waals surface area contributed by atoms with E-state index in [0.29, 0.717) is 6.61 Å². The van der Waals surface area contributed by atoms with Crippen LogP contribution < -0.4 is 0 Å². The number of ether oxygens (including phenoxy) is 3. The largest absolute Gasteiger partial charge is 0.467 e. The summed E-state index contributed by atoms with van der Waals surface area (Å²) in [6, 6.07) is 27.4. The van der Waals surface area contributed by atoms with E-state index in [9.17, 15) is 9.59 Å². The first-order valence-electron chi connectivity index (χ1n) is 10.5. The first-order chi connectivity index (χ1) is 15.7. The van der Waals surface area contributed by atoms with Gasteiger partial charge >= 0.3 is 12.1 Å². The number of amides is 1. The van der Waals surface area contributed by atoms with E-state index < -0.39 is 30.3 Å². The van der Waals surface area contributed by atoms with Crippen molar-refractivity contribution in [2.24, 2.45) is 0 Å². The average molecular weight is 431 g/mol. The highest BCUT2D eigenvalue weighted by atomic mass is 16.6. The van der Waals surface area contributed by atoms with Gasteiger partial charge in [0.2, 0.25) is 0 Å². The molecule has 0 aromatic heterocycles. The molecule has 2 atom stereocenters. The second-order valence-electron chi connectivity index (χ2n) is 7.52. The second-order valence-corrected chi connectivity index (χ2v) is 7.52. The number of hydrogen-bond acceptors (Lipinski definition) is 5. The van der Waals surface area contributed by atoms with E-state index >= 15 is 0 Å². The molecular weight excluding hydrogens is 406 g/mol. The molecule has 6 heteroatoms. The van der Waals surface area contributed by atoms with Gasteiger partial charge in [-0.3, -0.25) is 4.90 Å². The minimum atomic E-state index is -0.936. The van der Waals surface area contributed by atoms with E-state index in [0.717, 1.165) is 16.7 Å². The van der Waals surface area contributed by atoms with Crippen molar-refractivity contribution < 1.29 is 23.8 Å². The van der Waals surface area contributed by atoms with Crippen LogP contribution in [0, 0.1) is 0 Å². The first kappa shape index (κ1) is 21.6. The Morgan fingerprint density at radius 1 is 0.906 bits per heavy atom. The quantitative estimate of drug-likeness (QED) is 0.496. The summed E-state index contributed by atoms with van der Waals surface area (Å²) < 4.78 is 16.5. The summed E-state index contributed by atoms with van der Waals surface area (Å²) in [5.41, 5.74) is 2.74. The van der Waals surface area contributed by atoms with Crippen LogP contribution in [0.25, 0.3) is 0 Å². The number of hydrogen-bond donors (Lipinski definition) is 0. The smallest absolute Gasteiger partial charge is 0.411 e. The van der Waals surface area contributed by atoms with Crippen molar-refractivity contribution in [1.82, 2.24) is 4.90 Å². The van der Waals surface area contributed by atoms with Crippen molar-refractivity contribution in [1.29, 1.82) is 0 Å². The minimum absolute atomic E-state index is 0.0766. The molecule has 1 saturated heterocycles. The molecule has 1 amide bonds. The molecule has 164 valence electrons. The highest BCUT2D eigenvalue weighted by Gasteiger charge is 2.50. The highest BCUT2D eigenvalue weighted by Crippen LogP contribution is 2.36. The number of esters is 1.